The molecule has 144 valence electrons. The van der Waals surface area contributed by atoms with E-state index in [4.69, 9.17) is 0 Å². The summed E-state index contributed by atoms with van der Waals surface area (Å²) in [5.41, 5.74) is 3.06. The Bertz CT molecular complexity index is 1070. The highest BCUT2D eigenvalue weighted by Gasteiger charge is 2.25. The molecule has 1 unspecified atom stereocenters. The van der Waals surface area contributed by atoms with Gasteiger partial charge in [-0.15, -0.1) is 0 Å². The summed E-state index contributed by atoms with van der Waals surface area (Å²) in [7, 11) is 0. The number of hydrogen-bond acceptors (Lipinski definition) is 4. The molecule has 1 N–H and O–H groups in total. The van der Waals surface area contributed by atoms with Crippen LogP contribution in [0.4, 0.5) is 0 Å². The van der Waals surface area contributed by atoms with E-state index in [1.807, 2.05) is 12.1 Å². The van der Waals surface area contributed by atoms with Crippen molar-refractivity contribution in [2.45, 2.75) is 51.6 Å². The molecule has 1 atom stereocenters. The molecule has 0 aliphatic heterocycles. The monoisotopic (exact) mass is 376 g/mol. The highest BCUT2D eigenvalue weighted by molar-refractivity contribution is 5.93. The van der Waals surface area contributed by atoms with Crippen LogP contribution in [0.15, 0.2) is 47.4 Å². The Kier molecular flexibility index (Phi) is 5.19. The molecular weight excluding hydrogens is 352 g/mol. The van der Waals surface area contributed by atoms with Crippen molar-refractivity contribution in [3.63, 3.8) is 0 Å². The first-order chi connectivity index (χ1) is 13.7. The topological polar surface area (TPSA) is 76.9 Å². The Morgan fingerprint density at radius 3 is 2.96 bits per heavy atom. The maximum atomic E-state index is 13.0. The van der Waals surface area contributed by atoms with Crippen LogP contribution in [0.2, 0.25) is 0 Å². The van der Waals surface area contributed by atoms with Crippen LogP contribution in [0.3, 0.4) is 0 Å². The summed E-state index contributed by atoms with van der Waals surface area (Å²) in [5.74, 6) is -0.414. The minimum absolute atomic E-state index is 0.0559. The zero-order valence-corrected chi connectivity index (χ0v) is 16.0. The van der Waals surface area contributed by atoms with E-state index in [1.54, 1.807) is 22.9 Å². The number of carbonyl (C=O) groups is 1. The molecule has 6 heteroatoms. The van der Waals surface area contributed by atoms with Crippen LogP contribution in [0.5, 0.6) is 0 Å². The van der Waals surface area contributed by atoms with Gasteiger partial charge in [0.25, 0.3) is 11.5 Å². The average Bonchev–Trinajstić information content (AvgIpc) is 2.73. The lowest BCUT2D eigenvalue weighted by Gasteiger charge is -2.26. The second kappa shape index (κ2) is 7.92. The van der Waals surface area contributed by atoms with Crippen molar-refractivity contribution in [1.29, 1.82) is 0 Å². The number of unbranched alkanes of at least 4 members (excludes halogenated alkanes) is 1. The maximum Gasteiger partial charge on any atom is 0.283 e. The molecule has 0 spiro atoms. The highest BCUT2D eigenvalue weighted by atomic mass is 16.2. The summed E-state index contributed by atoms with van der Waals surface area (Å²) in [5, 5.41) is 3.05. The van der Waals surface area contributed by atoms with Gasteiger partial charge in [-0.3, -0.25) is 14.2 Å². The Balaban J connectivity index is 1.70. The molecule has 2 heterocycles. The summed E-state index contributed by atoms with van der Waals surface area (Å²) in [6, 6.07) is 11.6. The van der Waals surface area contributed by atoms with Crippen LogP contribution in [-0.4, -0.2) is 20.4 Å². The van der Waals surface area contributed by atoms with Gasteiger partial charge in [0.1, 0.15) is 5.52 Å². The molecule has 1 aliphatic rings. The van der Waals surface area contributed by atoms with Crippen LogP contribution < -0.4 is 10.9 Å². The highest BCUT2D eigenvalue weighted by Crippen LogP contribution is 2.29. The molecule has 3 aromatic rings. The van der Waals surface area contributed by atoms with E-state index in [2.05, 4.69) is 34.3 Å². The number of hydrogen-bond donors (Lipinski definition) is 1. The van der Waals surface area contributed by atoms with E-state index in [1.165, 1.54) is 5.56 Å². The Morgan fingerprint density at radius 2 is 2.11 bits per heavy atom. The molecule has 0 radical (unpaired) electrons. The van der Waals surface area contributed by atoms with Crippen molar-refractivity contribution in [2.75, 3.05) is 0 Å². The molecule has 6 nitrogen and oxygen atoms in total. The van der Waals surface area contributed by atoms with Crippen LogP contribution in [0.25, 0.3) is 11.2 Å². The van der Waals surface area contributed by atoms with Crippen molar-refractivity contribution in [3.05, 3.63) is 69.8 Å². The summed E-state index contributed by atoms with van der Waals surface area (Å²) in [4.78, 5) is 34.7. The van der Waals surface area contributed by atoms with Crippen molar-refractivity contribution in [3.8, 4) is 0 Å². The molecule has 1 aromatic carbocycles. The van der Waals surface area contributed by atoms with Gasteiger partial charge in [0.2, 0.25) is 0 Å². The number of benzene rings is 1. The lowest BCUT2D eigenvalue weighted by molar-refractivity contribution is 0.0925. The molecule has 0 saturated heterocycles. The van der Waals surface area contributed by atoms with E-state index in [9.17, 15) is 9.59 Å². The third-order valence-electron chi connectivity index (χ3n) is 5.33. The lowest BCUT2D eigenvalue weighted by Crippen LogP contribution is -2.37. The third-order valence-corrected chi connectivity index (χ3v) is 5.33. The number of nitrogens with zero attached hydrogens (tertiary/aromatic N) is 3. The zero-order valence-electron chi connectivity index (χ0n) is 16.0. The van der Waals surface area contributed by atoms with Crippen molar-refractivity contribution >= 4 is 17.1 Å². The first-order valence-electron chi connectivity index (χ1n) is 9.93. The zero-order chi connectivity index (χ0) is 19.5. The molecule has 4 rings (SSSR count). The largest absolute Gasteiger partial charge is 0.344 e. The van der Waals surface area contributed by atoms with Gasteiger partial charge in [-0.1, -0.05) is 37.6 Å². The van der Waals surface area contributed by atoms with Crippen LogP contribution in [0, 0.1) is 0 Å². The SMILES string of the molecule is CCCCn1c(=O)c(C(=O)NC2CCCc3ccccc32)nc2cccnc21. The smallest absolute Gasteiger partial charge is 0.283 e. The summed E-state index contributed by atoms with van der Waals surface area (Å²) in [6.45, 7) is 2.59. The Labute approximate surface area is 163 Å². The number of fused-ring (bicyclic) bond motifs is 2. The minimum atomic E-state index is -0.414. The number of aromatic nitrogens is 3. The average molecular weight is 376 g/mol. The van der Waals surface area contributed by atoms with Gasteiger partial charge in [0.15, 0.2) is 11.3 Å². The summed E-state index contributed by atoms with van der Waals surface area (Å²) >= 11 is 0. The fourth-order valence-corrected chi connectivity index (χ4v) is 3.88. The van der Waals surface area contributed by atoms with E-state index in [0.717, 1.165) is 37.7 Å². The van der Waals surface area contributed by atoms with E-state index in [-0.39, 0.29) is 17.3 Å². The standard InChI is InChI=1S/C22H24N4O2/c1-2-3-14-26-20-18(12-7-13-23-20)24-19(22(26)28)21(27)25-17-11-6-9-15-8-4-5-10-16(15)17/h4-5,7-8,10,12-13,17H,2-3,6,9,11,14H2,1H3,(H,25,27). The maximum absolute atomic E-state index is 13.0. The minimum Gasteiger partial charge on any atom is -0.344 e. The molecule has 2 aromatic heterocycles. The van der Waals surface area contributed by atoms with Crippen LogP contribution in [-0.2, 0) is 13.0 Å². The lowest BCUT2D eigenvalue weighted by atomic mass is 9.87. The van der Waals surface area contributed by atoms with Gasteiger partial charge >= 0.3 is 0 Å². The molecule has 0 fully saturated rings. The van der Waals surface area contributed by atoms with E-state index < -0.39 is 5.91 Å². The number of rotatable bonds is 5. The first kappa shape index (κ1) is 18.3. The van der Waals surface area contributed by atoms with Crippen molar-refractivity contribution in [2.24, 2.45) is 0 Å². The second-order valence-electron chi connectivity index (χ2n) is 7.23. The van der Waals surface area contributed by atoms with Gasteiger partial charge in [-0.2, -0.15) is 0 Å². The fourth-order valence-electron chi connectivity index (χ4n) is 3.88. The van der Waals surface area contributed by atoms with E-state index in [0.29, 0.717) is 17.7 Å². The van der Waals surface area contributed by atoms with Crippen LogP contribution >= 0.6 is 0 Å². The molecule has 28 heavy (non-hydrogen) atoms. The molecular formula is C22H24N4O2. The number of pyridine rings is 1. The summed E-state index contributed by atoms with van der Waals surface area (Å²) < 4.78 is 1.58. The predicted molar refractivity (Wildman–Crippen MR) is 108 cm³/mol. The third kappa shape index (κ3) is 3.42. The second-order valence-corrected chi connectivity index (χ2v) is 7.23. The molecule has 1 aliphatic carbocycles. The molecule has 1 amide bonds. The number of carbonyl (C=O) groups excluding carboxylic acids is 1. The van der Waals surface area contributed by atoms with Crippen molar-refractivity contribution in [1.82, 2.24) is 19.9 Å². The molecule has 0 saturated carbocycles. The van der Waals surface area contributed by atoms with Gasteiger partial charge in [0, 0.05) is 12.7 Å². The van der Waals surface area contributed by atoms with Gasteiger partial charge in [0.05, 0.1) is 6.04 Å². The normalized spacial score (nSPS) is 16.0. The predicted octanol–water partition coefficient (Wildman–Crippen LogP) is 3.40. The number of nitrogens with one attached hydrogen (secondary N) is 1. The summed E-state index contributed by atoms with van der Waals surface area (Å²) in [6.07, 6.45) is 6.33. The first-order valence-corrected chi connectivity index (χ1v) is 9.93. The molecule has 0 bridgehead atoms. The van der Waals surface area contributed by atoms with E-state index >= 15 is 0 Å². The quantitative estimate of drug-likeness (QED) is 0.740. The fraction of sp³-hybridized carbons (Fsp3) is 0.364. The number of aryl methyl sites for hydroxylation is 2. The van der Waals surface area contributed by atoms with Crippen molar-refractivity contribution < 1.29 is 4.79 Å². The van der Waals surface area contributed by atoms with Gasteiger partial charge in [-0.05, 0) is 48.9 Å². The van der Waals surface area contributed by atoms with Crippen LogP contribution in [0.1, 0.15) is 60.3 Å². The van der Waals surface area contributed by atoms with Gasteiger partial charge < -0.3 is 5.32 Å². The number of amides is 1. The Morgan fingerprint density at radius 1 is 1.25 bits per heavy atom. The Hall–Kier alpha value is -3.02. The van der Waals surface area contributed by atoms with Gasteiger partial charge in [-0.25, -0.2) is 9.97 Å².